The van der Waals surface area contributed by atoms with E-state index in [0.717, 1.165) is 11.6 Å². The second-order valence-corrected chi connectivity index (χ2v) is 9.18. The van der Waals surface area contributed by atoms with Crippen molar-refractivity contribution in [1.29, 1.82) is 0 Å². The topological polar surface area (TPSA) is 76.8 Å². The van der Waals surface area contributed by atoms with Crippen molar-refractivity contribution in [2.45, 2.75) is 45.3 Å². The molecule has 5 rings (SSSR count). The highest BCUT2D eigenvalue weighted by Crippen LogP contribution is 2.35. The summed E-state index contributed by atoms with van der Waals surface area (Å²) in [5.74, 6) is -0.707. The van der Waals surface area contributed by atoms with Gasteiger partial charge in [0.05, 0.1) is 23.5 Å². The molecule has 1 aliphatic heterocycles. The third kappa shape index (κ3) is 4.54. The van der Waals surface area contributed by atoms with E-state index in [2.05, 4.69) is 19.9 Å². The van der Waals surface area contributed by atoms with Crippen LogP contribution in [-0.4, -0.2) is 37.6 Å². The minimum absolute atomic E-state index is 0.174. The van der Waals surface area contributed by atoms with Gasteiger partial charge in [-0.25, -0.2) is 9.97 Å². The van der Waals surface area contributed by atoms with Crippen LogP contribution < -0.4 is 10.5 Å². The first-order valence-electron chi connectivity index (χ1n) is 11.9. The fraction of sp³-hybridized carbons (Fsp3) is 0.346. The summed E-state index contributed by atoms with van der Waals surface area (Å²) in [7, 11) is 0. The summed E-state index contributed by atoms with van der Waals surface area (Å²) in [6.07, 6.45) is 2.10. The Kier molecular flexibility index (Phi) is 6.38. The van der Waals surface area contributed by atoms with E-state index >= 15 is 0 Å². The third-order valence-electron chi connectivity index (χ3n) is 6.97. The Labute approximate surface area is 209 Å². The molecule has 37 heavy (non-hydrogen) atoms. The zero-order valence-electron chi connectivity index (χ0n) is 20.3. The Bertz CT molecular complexity index is 1510. The number of aryl methyl sites for hydroxylation is 2. The van der Waals surface area contributed by atoms with Crippen molar-refractivity contribution in [2.75, 3.05) is 18.0 Å². The molecular formula is C26H24F4N6O. The maximum absolute atomic E-state index is 14.4. The van der Waals surface area contributed by atoms with Crippen LogP contribution in [0, 0.1) is 19.8 Å². The molecule has 192 valence electrons. The average molecular weight is 513 g/mol. The minimum atomic E-state index is -4.62. The molecule has 0 bridgehead atoms. The molecule has 4 aromatic heterocycles. The first-order valence-corrected chi connectivity index (χ1v) is 11.9. The molecule has 0 amide bonds. The molecule has 11 heteroatoms. The molecule has 4 aromatic rings. The van der Waals surface area contributed by atoms with E-state index in [0.29, 0.717) is 48.3 Å². The van der Waals surface area contributed by atoms with E-state index in [4.69, 9.17) is 0 Å². The summed E-state index contributed by atoms with van der Waals surface area (Å²) in [6.45, 7) is 4.23. The number of piperidine rings is 1. The number of aromatic nitrogens is 5. The lowest BCUT2D eigenvalue weighted by atomic mass is 9.87. The second-order valence-electron chi connectivity index (χ2n) is 9.18. The molecule has 0 unspecified atom stereocenters. The molecule has 1 saturated heterocycles. The molecule has 0 saturated carbocycles. The minimum Gasteiger partial charge on any atom is -0.368 e. The predicted octanol–water partition coefficient (Wildman–Crippen LogP) is 4.79. The Morgan fingerprint density at radius 2 is 1.70 bits per heavy atom. The highest BCUT2D eigenvalue weighted by molar-refractivity contribution is 5.75. The lowest BCUT2D eigenvalue weighted by Crippen LogP contribution is -2.37. The first-order chi connectivity index (χ1) is 17.7. The average Bonchev–Trinajstić information content (AvgIpc) is 2.87. The number of pyridine rings is 3. The van der Waals surface area contributed by atoms with Crippen LogP contribution in [0.2, 0.25) is 0 Å². The second kappa shape index (κ2) is 9.53. The van der Waals surface area contributed by atoms with Gasteiger partial charge in [0.2, 0.25) is 5.95 Å². The van der Waals surface area contributed by atoms with E-state index in [9.17, 15) is 22.4 Å². The van der Waals surface area contributed by atoms with Crippen molar-refractivity contribution >= 4 is 16.9 Å². The van der Waals surface area contributed by atoms with Crippen molar-refractivity contribution < 1.29 is 17.6 Å². The van der Waals surface area contributed by atoms with Crippen LogP contribution in [0.25, 0.3) is 11.2 Å². The van der Waals surface area contributed by atoms with Gasteiger partial charge in [0.15, 0.2) is 5.65 Å². The summed E-state index contributed by atoms with van der Waals surface area (Å²) in [5.41, 5.74) is 1.47. The molecule has 0 aromatic carbocycles. The highest BCUT2D eigenvalue weighted by Gasteiger charge is 2.35. The zero-order chi connectivity index (χ0) is 26.3. The summed E-state index contributed by atoms with van der Waals surface area (Å²) in [5, 5.41) is 0. The van der Waals surface area contributed by atoms with Gasteiger partial charge in [-0.1, -0.05) is 0 Å². The van der Waals surface area contributed by atoms with Crippen molar-refractivity contribution in [3.63, 3.8) is 0 Å². The molecule has 0 N–H and O–H groups in total. The van der Waals surface area contributed by atoms with Gasteiger partial charge in [0.25, 0.3) is 5.56 Å². The lowest BCUT2D eigenvalue weighted by Gasteiger charge is -2.35. The molecule has 1 aliphatic rings. The van der Waals surface area contributed by atoms with Crippen LogP contribution in [0.5, 0.6) is 0 Å². The normalized spacial score (nSPS) is 14.9. The van der Waals surface area contributed by atoms with E-state index in [1.54, 1.807) is 13.0 Å². The quantitative estimate of drug-likeness (QED) is 0.289. The maximum atomic E-state index is 14.4. The van der Waals surface area contributed by atoms with Crippen molar-refractivity contribution in [3.8, 4) is 0 Å². The van der Waals surface area contributed by atoms with Crippen molar-refractivity contribution in [3.05, 3.63) is 87.2 Å². The van der Waals surface area contributed by atoms with Crippen LogP contribution in [0.3, 0.4) is 0 Å². The Morgan fingerprint density at radius 3 is 2.41 bits per heavy atom. The summed E-state index contributed by atoms with van der Waals surface area (Å²) in [4.78, 5) is 32.1. The van der Waals surface area contributed by atoms with E-state index in [1.165, 1.54) is 35.4 Å². The number of halogens is 4. The molecule has 7 nitrogen and oxygen atoms in total. The number of anilines is 1. The summed E-state index contributed by atoms with van der Waals surface area (Å²) >= 11 is 0. The van der Waals surface area contributed by atoms with Gasteiger partial charge < -0.3 is 4.90 Å². The zero-order valence-corrected chi connectivity index (χ0v) is 20.3. The molecule has 0 atom stereocenters. The number of nitrogens with zero attached hydrogens (tertiary/aromatic N) is 6. The summed E-state index contributed by atoms with van der Waals surface area (Å²) < 4.78 is 56.6. The number of rotatable bonds is 4. The van der Waals surface area contributed by atoms with Gasteiger partial charge in [-0.3, -0.25) is 19.3 Å². The fourth-order valence-electron chi connectivity index (χ4n) is 5.21. The number of hydrogen-bond acceptors (Lipinski definition) is 6. The Balaban J connectivity index is 1.55. The number of hydrogen-bond donors (Lipinski definition) is 0. The first kappa shape index (κ1) is 24.8. The van der Waals surface area contributed by atoms with Gasteiger partial charge in [0.1, 0.15) is 5.52 Å². The number of fused-ring (bicyclic) bond motifs is 1. The SMILES string of the molecule is Cc1ccnc(F)c1N1CCC(c2c(C)c3nccnc3n(Cc3ncccc3C(F)(F)F)c2=O)CC1. The van der Waals surface area contributed by atoms with Crippen molar-refractivity contribution in [1.82, 2.24) is 24.5 Å². The van der Waals surface area contributed by atoms with Gasteiger partial charge in [-0.2, -0.15) is 17.6 Å². The molecule has 1 fully saturated rings. The largest absolute Gasteiger partial charge is 0.418 e. The van der Waals surface area contributed by atoms with E-state index in [1.807, 2.05) is 11.8 Å². The van der Waals surface area contributed by atoms with Crippen LogP contribution in [0.4, 0.5) is 23.2 Å². The van der Waals surface area contributed by atoms with Crippen LogP contribution in [-0.2, 0) is 12.7 Å². The molecule has 0 spiro atoms. The van der Waals surface area contributed by atoms with Gasteiger partial charge >= 0.3 is 6.18 Å². The molecule has 5 heterocycles. The van der Waals surface area contributed by atoms with Crippen LogP contribution in [0.1, 0.15) is 46.7 Å². The predicted molar refractivity (Wildman–Crippen MR) is 130 cm³/mol. The lowest BCUT2D eigenvalue weighted by molar-refractivity contribution is -0.138. The smallest absolute Gasteiger partial charge is 0.368 e. The molecular weight excluding hydrogens is 488 g/mol. The highest BCUT2D eigenvalue weighted by atomic mass is 19.4. The van der Waals surface area contributed by atoms with Crippen molar-refractivity contribution in [2.24, 2.45) is 0 Å². The summed E-state index contributed by atoms with van der Waals surface area (Å²) in [6, 6.07) is 3.92. The van der Waals surface area contributed by atoms with Crippen LogP contribution >= 0.6 is 0 Å². The Hall–Kier alpha value is -3.89. The fourth-order valence-corrected chi connectivity index (χ4v) is 5.21. The molecule has 0 radical (unpaired) electrons. The Morgan fingerprint density at radius 1 is 0.973 bits per heavy atom. The van der Waals surface area contributed by atoms with E-state index < -0.39 is 29.8 Å². The number of alkyl halides is 3. The van der Waals surface area contributed by atoms with Gasteiger partial charge in [-0.05, 0) is 61.9 Å². The van der Waals surface area contributed by atoms with Gasteiger partial charge in [-0.15, -0.1) is 0 Å². The van der Waals surface area contributed by atoms with E-state index in [-0.39, 0.29) is 17.3 Å². The van der Waals surface area contributed by atoms with Gasteiger partial charge in [0, 0.05) is 43.4 Å². The standard InChI is InChI=1S/C26H24F4N6O/c1-15-5-9-33-23(27)22(15)35-12-6-17(7-13-35)20-16(2)21-24(34-11-10-32-21)36(25(20)37)14-19-18(26(28,29)30)4-3-8-31-19/h3-5,8-11,17H,6-7,12-14H2,1-2H3. The third-order valence-corrected chi connectivity index (χ3v) is 6.97. The van der Waals surface area contributed by atoms with Crippen LogP contribution in [0.15, 0.2) is 47.8 Å². The molecule has 0 aliphatic carbocycles. The monoisotopic (exact) mass is 512 g/mol. The maximum Gasteiger partial charge on any atom is 0.418 e.